The highest BCUT2D eigenvalue weighted by molar-refractivity contribution is 5.99. The second kappa shape index (κ2) is 6.93. The number of hydrogen-bond donors (Lipinski definition) is 3. The molecule has 1 fully saturated rings. The van der Waals surface area contributed by atoms with E-state index >= 15 is 0 Å². The molecular weight excluding hydrogens is 288 g/mol. The Morgan fingerprint density at radius 1 is 1.45 bits per heavy atom. The summed E-state index contributed by atoms with van der Waals surface area (Å²) in [6, 6.07) is 3.54. The number of esters is 1. The minimum absolute atomic E-state index is 0.0210. The molecule has 1 saturated heterocycles. The van der Waals surface area contributed by atoms with Gasteiger partial charge in [0.25, 0.3) is 0 Å². The average Bonchev–Trinajstić information content (AvgIpc) is 2.49. The molecule has 1 aromatic rings. The summed E-state index contributed by atoms with van der Waals surface area (Å²) >= 11 is 0. The molecule has 1 heterocycles. The lowest BCUT2D eigenvalue weighted by atomic mass is 10.0. The Morgan fingerprint density at radius 3 is 2.91 bits per heavy atom. The van der Waals surface area contributed by atoms with E-state index in [1.165, 1.54) is 18.2 Å². The number of piperidine rings is 1. The maximum atomic E-state index is 12.1. The van der Waals surface area contributed by atoms with Crippen LogP contribution in [0.5, 0.6) is 5.75 Å². The monoisotopic (exact) mass is 306 g/mol. The number of aromatic hydroxyl groups is 1. The molecule has 0 saturated carbocycles. The number of phenolic OH excluding ortho intramolecular Hbond substituents is 1. The van der Waals surface area contributed by atoms with Crippen molar-refractivity contribution in [3.05, 3.63) is 23.8 Å². The Bertz CT molecular complexity index is 600. The highest BCUT2D eigenvalue weighted by Gasteiger charge is 2.25. The molecule has 118 valence electrons. The lowest BCUT2D eigenvalue weighted by Gasteiger charge is -2.22. The first-order chi connectivity index (χ1) is 10.5. The Hall–Kier alpha value is -2.57. The van der Waals surface area contributed by atoms with Crippen molar-refractivity contribution in [3.8, 4) is 5.75 Å². The number of rotatable bonds is 4. The lowest BCUT2D eigenvalue weighted by molar-refractivity contribution is -0.128. The highest BCUT2D eigenvalue weighted by Crippen LogP contribution is 2.23. The van der Waals surface area contributed by atoms with Gasteiger partial charge in [-0.3, -0.25) is 9.59 Å². The van der Waals surface area contributed by atoms with Crippen LogP contribution in [0.15, 0.2) is 18.2 Å². The molecule has 1 aliphatic rings. The van der Waals surface area contributed by atoms with Crippen LogP contribution >= 0.6 is 0 Å². The number of amides is 2. The van der Waals surface area contributed by atoms with Crippen LogP contribution in [-0.4, -0.2) is 35.5 Å². The average molecular weight is 306 g/mol. The van der Waals surface area contributed by atoms with Crippen LogP contribution in [0, 0.1) is 0 Å². The number of carbonyl (C=O) groups is 3. The van der Waals surface area contributed by atoms with Crippen LogP contribution in [0.1, 0.15) is 36.5 Å². The minimum atomic E-state index is -0.665. The summed E-state index contributed by atoms with van der Waals surface area (Å²) < 4.78 is 4.83. The molecule has 1 aliphatic heterocycles. The van der Waals surface area contributed by atoms with Gasteiger partial charge < -0.3 is 20.5 Å². The van der Waals surface area contributed by atoms with Gasteiger partial charge in [0.2, 0.25) is 11.8 Å². The van der Waals surface area contributed by atoms with Crippen molar-refractivity contribution in [1.29, 1.82) is 0 Å². The van der Waals surface area contributed by atoms with E-state index in [2.05, 4.69) is 10.6 Å². The fourth-order valence-electron chi connectivity index (χ4n) is 2.22. The van der Waals surface area contributed by atoms with E-state index in [1.807, 2.05) is 0 Å². The summed E-state index contributed by atoms with van der Waals surface area (Å²) in [5, 5.41) is 14.9. The summed E-state index contributed by atoms with van der Waals surface area (Å²) in [6.07, 6.45) is 1.66. The van der Waals surface area contributed by atoms with Crippen LogP contribution in [-0.2, 0) is 14.3 Å². The largest absolute Gasteiger partial charge is 0.507 e. The van der Waals surface area contributed by atoms with Crippen LogP contribution in [0.2, 0.25) is 0 Å². The minimum Gasteiger partial charge on any atom is -0.507 e. The zero-order chi connectivity index (χ0) is 16.1. The van der Waals surface area contributed by atoms with Gasteiger partial charge in [-0.2, -0.15) is 0 Å². The quantitative estimate of drug-likeness (QED) is 0.572. The van der Waals surface area contributed by atoms with E-state index in [0.29, 0.717) is 24.9 Å². The molecule has 1 unspecified atom stereocenters. The molecule has 22 heavy (non-hydrogen) atoms. The van der Waals surface area contributed by atoms with Crippen molar-refractivity contribution in [3.63, 3.8) is 0 Å². The van der Waals surface area contributed by atoms with Crippen LogP contribution < -0.4 is 10.6 Å². The van der Waals surface area contributed by atoms with Crippen LogP contribution in [0.4, 0.5) is 5.69 Å². The molecule has 0 aliphatic carbocycles. The molecule has 0 aromatic heterocycles. The molecule has 0 spiro atoms. The smallest absolute Gasteiger partial charge is 0.341 e. The number of benzene rings is 1. The second-order valence-corrected chi connectivity index (χ2v) is 4.95. The molecule has 2 rings (SSSR count). The fourth-order valence-corrected chi connectivity index (χ4v) is 2.22. The molecule has 7 nitrogen and oxygen atoms in total. The first-order valence-corrected chi connectivity index (χ1v) is 7.11. The van der Waals surface area contributed by atoms with Gasteiger partial charge in [0.15, 0.2) is 0 Å². The Morgan fingerprint density at radius 2 is 2.23 bits per heavy atom. The Kier molecular flexibility index (Phi) is 4.98. The van der Waals surface area contributed by atoms with E-state index in [-0.39, 0.29) is 29.7 Å². The number of nitrogens with one attached hydrogen (secondary N) is 2. The third-order valence-corrected chi connectivity index (χ3v) is 3.31. The maximum Gasteiger partial charge on any atom is 0.341 e. The van der Waals surface area contributed by atoms with Crippen molar-refractivity contribution in [2.45, 2.75) is 32.2 Å². The predicted octanol–water partition coefficient (Wildman–Crippen LogP) is 1.18. The number of carbonyl (C=O) groups excluding carboxylic acids is 3. The molecule has 3 N–H and O–H groups in total. The number of anilines is 1. The number of hydrogen-bond acceptors (Lipinski definition) is 5. The molecule has 2 amide bonds. The SMILES string of the molecule is CCOC(=O)c1cc(NC(=O)C2CCCC(=O)N2)ccc1O. The maximum absolute atomic E-state index is 12.1. The van der Waals surface area contributed by atoms with Gasteiger partial charge in [-0.25, -0.2) is 4.79 Å². The summed E-state index contributed by atoms with van der Waals surface area (Å²) in [5.41, 5.74) is 0.331. The molecule has 0 radical (unpaired) electrons. The van der Waals surface area contributed by atoms with Gasteiger partial charge in [-0.1, -0.05) is 0 Å². The van der Waals surface area contributed by atoms with E-state index < -0.39 is 12.0 Å². The standard InChI is InChI=1S/C15H18N2O5/c1-2-22-15(21)10-8-9(6-7-12(10)18)16-14(20)11-4-3-5-13(19)17-11/h6-8,11,18H,2-5H2,1H3,(H,16,20)(H,17,19). The summed E-state index contributed by atoms with van der Waals surface area (Å²) in [4.78, 5) is 35.1. The van der Waals surface area contributed by atoms with Crippen LogP contribution in [0.25, 0.3) is 0 Å². The van der Waals surface area contributed by atoms with E-state index in [4.69, 9.17) is 4.74 Å². The third-order valence-electron chi connectivity index (χ3n) is 3.31. The van der Waals surface area contributed by atoms with E-state index in [1.54, 1.807) is 6.92 Å². The summed E-state index contributed by atoms with van der Waals surface area (Å²) in [6.45, 7) is 1.84. The first kappa shape index (κ1) is 15.8. The van der Waals surface area contributed by atoms with E-state index in [9.17, 15) is 19.5 Å². The summed E-state index contributed by atoms with van der Waals surface area (Å²) in [7, 11) is 0. The molecule has 0 bridgehead atoms. The third kappa shape index (κ3) is 3.75. The van der Waals surface area contributed by atoms with Crippen molar-refractivity contribution >= 4 is 23.5 Å². The van der Waals surface area contributed by atoms with Crippen molar-refractivity contribution < 1.29 is 24.2 Å². The number of ether oxygens (including phenoxy) is 1. The predicted molar refractivity (Wildman–Crippen MR) is 78.5 cm³/mol. The first-order valence-electron chi connectivity index (χ1n) is 7.11. The van der Waals surface area contributed by atoms with E-state index in [0.717, 1.165) is 0 Å². The Balaban J connectivity index is 2.09. The van der Waals surface area contributed by atoms with Gasteiger partial charge in [0, 0.05) is 12.1 Å². The van der Waals surface area contributed by atoms with Gasteiger partial charge in [0.05, 0.1) is 6.61 Å². The molecular formula is C15H18N2O5. The molecule has 1 atom stereocenters. The topological polar surface area (TPSA) is 105 Å². The zero-order valence-corrected chi connectivity index (χ0v) is 12.2. The van der Waals surface area contributed by atoms with Crippen molar-refractivity contribution in [1.82, 2.24) is 5.32 Å². The molecule has 1 aromatic carbocycles. The van der Waals surface area contributed by atoms with Crippen molar-refractivity contribution in [2.24, 2.45) is 0 Å². The van der Waals surface area contributed by atoms with Crippen LogP contribution in [0.3, 0.4) is 0 Å². The van der Waals surface area contributed by atoms with Gasteiger partial charge in [0.1, 0.15) is 17.4 Å². The van der Waals surface area contributed by atoms with Gasteiger partial charge in [-0.05, 0) is 38.0 Å². The van der Waals surface area contributed by atoms with Crippen molar-refractivity contribution in [2.75, 3.05) is 11.9 Å². The normalized spacial score (nSPS) is 17.5. The lowest BCUT2D eigenvalue weighted by Crippen LogP contribution is -2.46. The fraction of sp³-hybridized carbons (Fsp3) is 0.400. The highest BCUT2D eigenvalue weighted by atomic mass is 16.5. The Labute approximate surface area is 127 Å². The summed E-state index contributed by atoms with van der Waals surface area (Å²) in [5.74, 6) is -1.39. The van der Waals surface area contributed by atoms with Gasteiger partial charge >= 0.3 is 5.97 Å². The number of phenols is 1. The molecule has 7 heteroatoms. The zero-order valence-electron chi connectivity index (χ0n) is 12.2. The van der Waals surface area contributed by atoms with Gasteiger partial charge in [-0.15, -0.1) is 0 Å². The second-order valence-electron chi connectivity index (χ2n) is 4.95.